The largest absolute Gasteiger partial charge is 0.462 e. The number of amides is 1. The molecule has 0 atom stereocenters. The fraction of sp³-hybridized carbons (Fsp3) is 0.368. The topological polar surface area (TPSA) is 102 Å². The van der Waals surface area contributed by atoms with Crippen molar-refractivity contribution in [2.45, 2.75) is 32.6 Å². The third-order valence-corrected chi connectivity index (χ3v) is 6.52. The van der Waals surface area contributed by atoms with E-state index < -0.39 is 21.9 Å². The molecule has 3 rings (SSSR count). The van der Waals surface area contributed by atoms with Gasteiger partial charge in [0.1, 0.15) is 5.00 Å². The third kappa shape index (κ3) is 5.09. The molecule has 10 heteroatoms. The first-order valence-corrected chi connectivity index (χ1v) is 12.2. The molecule has 0 unspecified atom stereocenters. The van der Waals surface area contributed by atoms with Crippen molar-refractivity contribution in [3.63, 3.8) is 0 Å². The first-order chi connectivity index (χ1) is 13.7. The number of fused-ring (bicyclic) bond motifs is 1. The number of aryl methyl sites for hydroxylation is 1. The lowest BCUT2D eigenvalue weighted by Crippen LogP contribution is -2.16. The van der Waals surface area contributed by atoms with Gasteiger partial charge in [-0.05, 0) is 56.4 Å². The number of sulfonamides is 1. The SMILES string of the molecule is CCOC(=O)c1c(NC(=O)c2ccc(NS(C)(=O)=O)cc2Cl)sc2c1CCCC2. The van der Waals surface area contributed by atoms with Crippen LogP contribution in [0.15, 0.2) is 18.2 Å². The molecule has 1 heterocycles. The Labute approximate surface area is 178 Å². The number of carbonyl (C=O) groups excluding carboxylic acids is 2. The van der Waals surface area contributed by atoms with Crippen molar-refractivity contribution in [2.24, 2.45) is 0 Å². The second-order valence-corrected chi connectivity index (χ2v) is 9.92. The highest BCUT2D eigenvalue weighted by Crippen LogP contribution is 2.39. The summed E-state index contributed by atoms with van der Waals surface area (Å²) < 4.78 is 30.2. The van der Waals surface area contributed by atoms with Gasteiger partial charge in [0.25, 0.3) is 5.91 Å². The van der Waals surface area contributed by atoms with E-state index in [9.17, 15) is 18.0 Å². The number of rotatable bonds is 6. The Balaban J connectivity index is 1.89. The predicted octanol–water partition coefficient (Wildman–Crippen LogP) is 4.08. The van der Waals surface area contributed by atoms with Crippen molar-refractivity contribution in [3.8, 4) is 0 Å². The van der Waals surface area contributed by atoms with Crippen molar-refractivity contribution in [1.82, 2.24) is 0 Å². The van der Waals surface area contributed by atoms with Crippen LogP contribution in [0.3, 0.4) is 0 Å². The number of hydrogen-bond acceptors (Lipinski definition) is 6. The van der Waals surface area contributed by atoms with E-state index in [1.165, 1.54) is 29.5 Å². The van der Waals surface area contributed by atoms with E-state index in [1.807, 2.05) is 0 Å². The fourth-order valence-corrected chi connectivity index (χ4v) is 5.31. The molecule has 0 fully saturated rings. The Morgan fingerprint density at radius 1 is 1.24 bits per heavy atom. The molecule has 156 valence electrons. The van der Waals surface area contributed by atoms with Crippen molar-refractivity contribution in [3.05, 3.63) is 44.8 Å². The van der Waals surface area contributed by atoms with Gasteiger partial charge >= 0.3 is 5.97 Å². The standard InChI is InChI=1S/C19H21ClN2O5S2/c1-3-27-19(24)16-13-6-4-5-7-15(13)28-18(16)21-17(23)12-9-8-11(10-14(12)20)22-29(2,25)26/h8-10,22H,3-7H2,1-2H3,(H,21,23). The quantitative estimate of drug-likeness (QED) is 0.637. The van der Waals surface area contributed by atoms with Crippen molar-refractivity contribution in [2.75, 3.05) is 22.9 Å². The Morgan fingerprint density at radius 2 is 1.97 bits per heavy atom. The summed E-state index contributed by atoms with van der Waals surface area (Å²) in [6.07, 6.45) is 4.71. The van der Waals surface area contributed by atoms with Crippen LogP contribution in [0.4, 0.5) is 10.7 Å². The molecule has 0 saturated carbocycles. The molecule has 29 heavy (non-hydrogen) atoms. The molecule has 1 amide bonds. The van der Waals surface area contributed by atoms with E-state index in [2.05, 4.69) is 10.0 Å². The number of esters is 1. The zero-order valence-electron chi connectivity index (χ0n) is 16.0. The first-order valence-electron chi connectivity index (χ1n) is 9.10. The summed E-state index contributed by atoms with van der Waals surface area (Å²) in [4.78, 5) is 26.4. The molecular formula is C19H21ClN2O5S2. The fourth-order valence-electron chi connectivity index (χ4n) is 3.22. The lowest BCUT2D eigenvalue weighted by atomic mass is 9.95. The summed E-state index contributed by atoms with van der Waals surface area (Å²) in [6.45, 7) is 1.98. The lowest BCUT2D eigenvalue weighted by Gasteiger charge is -2.12. The van der Waals surface area contributed by atoms with Gasteiger partial charge in [0, 0.05) is 10.6 Å². The maximum absolute atomic E-state index is 12.8. The molecule has 2 N–H and O–H groups in total. The van der Waals surface area contributed by atoms with Gasteiger partial charge in [0.2, 0.25) is 10.0 Å². The number of carbonyl (C=O) groups is 2. The molecular weight excluding hydrogens is 436 g/mol. The maximum Gasteiger partial charge on any atom is 0.341 e. The minimum absolute atomic E-state index is 0.0927. The van der Waals surface area contributed by atoms with Crippen LogP contribution in [0.5, 0.6) is 0 Å². The zero-order valence-corrected chi connectivity index (χ0v) is 18.4. The molecule has 0 radical (unpaired) electrons. The summed E-state index contributed by atoms with van der Waals surface area (Å²) in [7, 11) is -3.46. The number of thiophene rings is 1. The van der Waals surface area contributed by atoms with Crippen molar-refractivity contribution in [1.29, 1.82) is 0 Å². The first kappa shape index (κ1) is 21.6. The van der Waals surface area contributed by atoms with Crippen LogP contribution in [0.25, 0.3) is 0 Å². The highest BCUT2D eigenvalue weighted by atomic mass is 35.5. The van der Waals surface area contributed by atoms with Gasteiger partial charge in [0.05, 0.1) is 29.0 Å². The smallest absolute Gasteiger partial charge is 0.341 e. The van der Waals surface area contributed by atoms with E-state index in [4.69, 9.17) is 16.3 Å². The van der Waals surface area contributed by atoms with Crippen molar-refractivity contribution < 1.29 is 22.7 Å². The van der Waals surface area contributed by atoms with Crippen LogP contribution in [-0.2, 0) is 27.6 Å². The van der Waals surface area contributed by atoms with E-state index in [0.29, 0.717) is 10.6 Å². The Bertz CT molecular complexity index is 1060. The Hall–Kier alpha value is -2.10. The van der Waals surface area contributed by atoms with Crippen LogP contribution in [-0.4, -0.2) is 33.2 Å². The second kappa shape index (κ2) is 8.73. The van der Waals surface area contributed by atoms with Gasteiger partial charge in [-0.2, -0.15) is 0 Å². The summed E-state index contributed by atoms with van der Waals surface area (Å²) in [5.74, 6) is -0.925. The second-order valence-electron chi connectivity index (χ2n) is 6.66. The van der Waals surface area contributed by atoms with Gasteiger partial charge in [-0.15, -0.1) is 11.3 Å². The number of hydrogen-bond donors (Lipinski definition) is 2. The third-order valence-electron chi connectivity index (χ3n) is 4.39. The van der Waals surface area contributed by atoms with E-state index in [-0.39, 0.29) is 22.9 Å². The lowest BCUT2D eigenvalue weighted by molar-refractivity contribution is 0.0526. The van der Waals surface area contributed by atoms with Crippen LogP contribution in [0.1, 0.15) is 50.9 Å². The molecule has 2 aromatic rings. The molecule has 0 bridgehead atoms. The molecule has 0 aliphatic heterocycles. The summed E-state index contributed by atoms with van der Waals surface area (Å²) in [6, 6.07) is 4.25. The highest BCUT2D eigenvalue weighted by Gasteiger charge is 2.27. The molecule has 1 aromatic carbocycles. The Kier molecular flexibility index (Phi) is 6.50. The maximum atomic E-state index is 12.8. The van der Waals surface area contributed by atoms with Crippen LogP contribution in [0.2, 0.25) is 5.02 Å². The highest BCUT2D eigenvalue weighted by molar-refractivity contribution is 7.92. The molecule has 1 aliphatic rings. The minimum Gasteiger partial charge on any atom is -0.462 e. The zero-order chi connectivity index (χ0) is 21.2. The average molecular weight is 457 g/mol. The number of benzene rings is 1. The number of anilines is 2. The molecule has 0 saturated heterocycles. The van der Waals surface area contributed by atoms with E-state index >= 15 is 0 Å². The van der Waals surface area contributed by atoms with Gasteiger partial charge < -0.3 is 10.1 Å². The number of halogens is 1. The monoisotopic (exact) mass is 456 g/mol. The normalized spacial score (nSPS) is 13.5. The summed E-state index contributed by atoms with van der Waals surface area (Å²) in [5, 5.41) is 3.33. The molecule has 1 aromatic heterocycles. The van der Waals surface area contributed by atoms with Gasteiger partial charge in [-0.25, -0.2) is 13.2 Å². The predicted molar refractivity (Wildman–Crippen MR) is 115 cm³/mol. The summed E-state index contributed by atoms with van der Waals surface area (Å²) >= 11 is 7.58. The van der Waals surface area contributed by atoms with Gasteiger partial charge in [-0.3, -0.25) is 9.52 Å². The molecule has 1 aliphatic carbocycles. The Morgan fingerprint density at radius 3 is 2.62 bits per heavy atom. The van der Waals surface area contributed by atoms with Crippen molar-refractivity contribution >= 4 is 55.5 Å². The van der Waals surface area contributed by atoms with Gasteiger partial charge in [-0.1, -0.05) is 11.6 Å². The number of nitrogens with one attached hydrogen (secondary N) is 2. The van der Waals surface area contributed by atoms with E-state index in [1.54, 1.807) is 6.92 Å². The minimum atomic E-state index is -3.46. The van der Waals surface area contributed by atoms with Crippen LogP contribution >= 0.6 is 22.9 Å². The molecule has 0 spiro atoms. The average Bonchev–Trinajstić information content (AvgIpc) is 2.98. The molecule has 7 nitrogen and oxygen atoms in total. The van der Waals surface area contributed by atoms with Gasteiger partial charge in [0.15, 0.2) is 0 Å². The number of ether oxygens (including phenoxy) is 1. The van der Waals surface area contributed by atoms with E-state index in [0.717, 1.165) is 42.4 Å². The van der Waals surface area contributed by atoms with Crippen LogP contribution in [0, 0.1) is 0 Å². The summed E-state index contributed by atoms with van der Waals surface area (Å²) in [5.41, 5.74) is 1.81. The van der Waals surface area contributed by atoms with Crippen LogP contribution < -0.4 is 10.0 Å².